The van der Waals surface area contributed by atoms with Gasteiger partial charge in [-0.3, -0.25) is 4.79 Å². The molecule has 144 valence electrons. The molecule has 0 spiro atoms. The van der Waals surface area contributed by atoms with Crippen molar-refractivity contribution in [2.24, 2.45) is 0 Å². The van der Waals surface area contributed by atoms with Crippen LogP contribution in [0.1, 0.15) is 6.42 Å². The van der Waals surface area contributed by atoms with Crippen molar-refractivity contribution < 1.29 is 29.3 Å². The maximum Gasteiger partial charge on any atom is 0.319 e. The highest BCUT2D eigenvalue weighted by atomic mass is 16.5. The number of methoxy groups -OCH3 is 1. The van der Waals surface area contributed by atoms with Gasteiger partial charge in [0.15, 0.2) is 0 Å². The lowest BCUT2D eigenvalue weighted by Crippen LogP contribution is -2.41. The fourth-order valence-corrected chi connectivity index (χ4v) is 2.60. The molecule has 4 atom stereocenters. The van der Waals surface area contributed by atoms with Crippen molar-refractivity contribution in [3.05, 3.63) is 30.3 Å². The number of anilines is 1. The van der Waals surface area contributed by atoms with Gasteiger partial charge in [-0.15, -0.1) is 0 Å². The van der Waals surface area contributed by atoms with Crippen molar-refractivity contribution in [1.29, 1.82) is 0 Å². The van der Waals surface area contributed by atoms with E-state index in [0.717, 1.165) is 0 Å². The topological polar surface area (TPSA) is 129 Å². The van der Waals surface area contributed by atoms with E-state index in [1.165, 1.54) is 7.11 Å². The number of hydrogen-bond acceptors (Lipinski definition) is 6. The summed E-state index contributed by atoms with van der Waals surface area (Å²) in [5, 5.41) is 27.9. The van der Waals surface area contributed by atoms with Crippen molar-refractivity contribution in [2.75, 3.05) is 32.1 Å². The Balaban J connectivity index is 1.76. The van der Waals surface area contributed by atoms with Gasteiger partial charge in [0.05, 0.1) is 19.1 Å². The molecule has 26 heavy (non-hydrogen) atoms. The van der Waals surface area contributed by atoms with Gasteiger partial charge in [0, 0.05) is 25.9 Å². The molecule has 1 aliphatic rings. The van der Waals surface area contributed by atoms with Gasteiger partial charge in [0.1, 0.15) is 18.3 Å². The molecule has 0 bridgehead atoms. The Bertz CT molecular complexity index is 585. The summed E-state index contributed by atoms with van der Waals surface area (Å²) in [6.07, 6.45) is -4.12. The number of urea groups is 1. The molecule has 9 heteroatoms. The summed E-state index contributed by atoms with van der Waals surface area (Å²) in [7, 11) is 1.53. The van der Waals surface area contributed by atoms with Crippen LogP contribution in [0.15, 0.2) is 30.3 Å². The van der Waals surface area contributed by atoms with E-state index in [-0.39, 0.29) is 18.9 Å². The Morgan fingerprint density at radius 3 is 2.50 bits per heavy atom. The third kappa shape index (κ3) is 5.95. The smallest absolute Gasteiger partial charge is 0.319 e. The van der Waals surface area contributed by atoms with E-state index in [4.69, 9.17) is 9.47 Å². The maximum absolute atomic E-state index is 11.9. The number of ether oxygens (including phenoxy) is 2. The number of carbonyl (C=O) groups is 2. The SMILES string of the molecule is COCCNC(=O)C[C@H]1O[C@H](CNC(=O)Nc2ccccc2)[C@@H](O)[C@H]1O. The predicted molar refractivity (Wildman–Crippen MR) is 93.6 cm³/mol. The lowest BCUT2D eigenvalue weighted by molar-refractivity contribution is -0.125. The first-order valence-electron chi connectivity index (χ1n) is 8.38. The Kier molecular flexibility index (Phi) is 7.79. The van der Waals surface area contributed by atoms with E-state index in [0.29, 0.717) is 18.8 Å². The van der Waals surface area contributed by atoms with Gasteiger partial charge < -0.3 is 35.6 Å². The predicted octanol–water partition coefficient (Wildman–Crippen LogP) is -0.550. The van der Waals surface area contributed by atoms with Crippen molar-refractivity contribution >= 4 is 17.6 Å². The second-order valence-corrected chi connectivity index (χ2v) is 5.94. The average Bonchev–Trinajstić information content (AvgIpc) is 2.89. The molecule has 0 aromatic heterocycles. The second-order valence-electron chi connectivity index (χ2n) is 5.94. The van der Waals surface area contributed by atoms with Crippen LogP contribution in [0.5, 0.6) is 0 Å². The number of hydrogen-bond donors (Lipinski definition) is 5. The Hall–Kier alpha value is -2.20. The van der Waals surface area contributed by atoms with Crippen molar-refractivity contribution in [2.45, 2.75) is 30.8 Å². The van der Waals surface area contributed by atoms with Gasteiger partial charge in [0.2, 0.25) is 5.91 Å². The lowest BCUT2D eigenvalue weighted by Gasteiger charge is -2.15. The lowest BCUT2D eigenvalue weighted by atomic mass is 10.1. The highest BCUT2D eigenvalue weighted by molar-refractivity contribution is 5.89. The first kappa shape index (κ1) is 20.1. The summed E-state index contributed by atoms with van der Waals surface area (Å²) in [6, 6.07) is 8.43. The van der Waals surface area contributed by atoms with E-state index in [1.807, 2.05) is 6.07 Å². The number of rotatable bonds is 8. The summed E-state index contributed by atoms with van der Waals surface area (Å²) in [6.45, 7) is 0.732. The molecule has 0 unspecified atom stereocenters. The summed E-state index contributed by atoms with van der Waals surface area (Å²) >= 11 is 0. The standard InChI is InChI=1S/C17H25N3O6/c1-25-8-7-18-14(21)9-12-15(22)16(23)13(26-12)10-19-17(24)20-11-5-3-2-4-6-11/h2-6,12-13,15-16,22-23H,7-10H2,1H3,(H,18,21)(H2,19,20,24)/t12-,13-,15+,16-/m1/s1. The van der Waals surface area contributed by atoms with Crippen LogP contribution in [0.2, 0.25) is 0 Å². The van der Waals surface area contributed by atoms with Crippen LogP contribution in [-0.2, 0) is 14.3 Å². The third-order valence-electron chi connectivity index (χ3n) is 3.97. The quantitative estimate of drug-likeness (QED) is 0.392. The van der Waals surface area contributed by atoms with Crippen LogP contribution >= 0.6 is 0 Å². The normalized spacial score (nSPS) is 24.9. The second kappa shape index (κ2) is 10.1. The number of aliphatic hydroxyl groups is 2. The molecule has 5 N–H and O–H groups in total. The number of amides is 3. The molecule has 0 aliphatic carbocycles. The number of para-hydroxylation sites is 1. The highest BCUT2D eigenvalue weighted by Gasteiger charge is 2.43. The fraction of sp³-hybridized carbons (Fsp3) is 0.529. The molecule has 1 aliphatic heterocycles. The van der Waals surface area contributed by atoms with E-state index < -0.39 is 30.4 Å². The maximum atomic E-state index is 11.9. The minimum Gasteiger partial charge on any atom is -0.388 e. The van der Waals surface area contributed by atoms with Crippen LogP contribution < -0.4 is 16.0 Å². The molecular formula is C17H25N3O6. The molecule has 2 rings (SSSR count). The van der Waals surface area contributed by atoms with Crippen LogP contribution in [0.3, 0.4) is 0 Å². The average molecular weight is 367 g/mol. The highest BCUT2D eigenvalue weighted by Crippen LogP contribution is 2.23. The molecule has 1 heterocycles. The summed E-state index contributed by atoms with van der Waals surface area (Å²) in [5.74, 6) is -0.311. The minimum absolute atomic E-state index is 0.00130. The molecule has 1 saturated heterocycles. The van der Waals surface area contributed by atoms with Crippen LogP contribution in [0.25, 0.3) is 0 Å². The van der Waals surface area contributed by atoms with Crippen molar-refractivity contribution in [1.82, 2.24) is 10.6 Å². The number of aliphatic hydroxyl groups excluding tert-OH is 2. The molecule has 0 saturated carbocycles. The molecule has 1 aromatic rings. The zero-order valence-corrected chi connectivity index (χ0v) is 14.6. The number of benzene rings is 1. The summed E-state index contributed by atoms with van der Waals surface area (Å²) in [4.78, 5) is 23.6. The van der Waals surface area contributed by atoms with Crippen molar-refractivity contribution in [3.8, 4) is 0 Å². The monoisotopic (exact) mass is 367 g/mol. The first-order chi connectivity index (χ1) is 12.5. The van der Waals surface area contributed by atoms with E-state index in [9.17, 15) is 19.8 Å². The molecular weight excluding hydrogens is 342 g/mol. The Morgan fingerprint density at radius 2 is 1.81 bits per heavy atom. The third-order valence-corrected chi connectivity index (χ3v) is 3.97. The number of carbonyl (C=O) groups excluding carboxylic acids is 2. The molecule has 3 amide bonds. The van der Waals surface area contributed by atoms with Crippen molar-refractivity contribution in [3.63, 3.8) is 0 Å². The van der Waals surface area contributed by atoms with Crippen LogP contribution in [-0.4, -0.2) is 73.4 Å². The molecule has 0 radical (unpaired) electrons. The Morgan fingerprint density at radius 1 is 1.12 bits per heavy atom. The molecule has 9 nitrogen and oxygen atoms in total. The van der Waals surface area contributed by atoms with Crippen LogP contribution in [0.4, 0.5) is 10.5 Å². The van der Waals surface area contributed by atoms with E-state index in [2.05, 4.69) is 16.0 Å². The Labute approximate surface area is 151 Å². The van der Waals surface area contributed by atoms with Gasteiger partial charge in [-0.2, -0.15) is 0 Å². The van der Waals surface area contributed by atoms with Crippen LogP contribution in [0, 0.1) is 0 Å². The van der Waals surface area contributed by atoms with Gasteiger partial charge in [-0.25, -0.2) is 4.79 Å². The minimum atomic E-state index is -1.20. The zero-order chi connectivity index (χ0) is 18.9. The molecule has 1 fully saturated rings. The van der Waals surface area contributed by atoms with Gasteiger partial charge in [0.25, 0.3) is 0 Å². The fourth-order valence-electron chi connectivity index (χ4n) is 2.60. The number of nitrogens with one attached hydrogen (secondary N) is 3. The first-order valence-corrected chi connectivity index (χ1v) is 8.38. The summed E-state index contributed by atoms with van der Waals surface area (Å²) < 4.78 is 10.4. The zero-order valence-electron chi connectivity index (χ0n) is 14.6. The molecule has 1 aromatic carbocycles. The largest absolute Gasteiger partial charge is 0.388 e. The van der Waals surface area contributed by atoms with Gasteiger partial charge in [-0.05, 0) is 12.1 Å². The van der Waals surface area contributed by atoms with Gasteiger partial charge >= 0.3 is 6.03 Å². The summed E-state index contributed by atoms with van der Waals surface area (Å²) in [5.41, 5.74) is 0.628. The van der Waals surface area contributed by atoms with E-state index in [1.54, 1.807) is 24.3 Å². The van der Waals surface area contributed by atoms with Gasteiger partial charge in [-0.1, -0.05) is 18.2 Å². The van der Waals surface area contributed by atoms with E-state index >= 15 is 0 Å².